The number of likely N-dealkylation sites (tertiary alicyclic amines) is 1. The number of amides is 2. The Morgan fingerprint density at radius 3 is 2.74 bits per heavy atom. The van der Waals surface area contributed by atoms with E-state index in [4.69, 9.17) is 22.4 Å². The number of nitrogens with one attached hydrogen (secondary N) is 4. The number of pyridine rings is 1. The van der Waals surface area contributed by atoms with E-state index in [0.29, 0.717) is 5.56 Å². The summed E-state index contributed by atoms with van der Waals surface area (Å²) in [4.78, 5) is 30.0. The fourth-order valence-electron chi connectivity index (χ4n) is 3.37. The Hall–Kier alpha value is -3.66. The largest absolute Gasteiger partial charge is 0.361 e. The van der Waals surface area contributed by atoms with Crippen LogP contribution in [0.25, 0.3) is 0 Å². The van der Waals surface area contributed by atoms with E-state index in [1.165, 1.54) is 36.2 Å². The van der Waals surface area contributed by atoms with E-state index >= 15 is 0 Å². The molecule has 0 bridgehead atoms. The molecule has 3 rings (SSSR count). The third-order valence-electron chi connectivity index (χ3n) is 5.32. The molecule has 4 N–H and O–H groups in total. The molecule has 2 amide bonds. The van der Waals surface area contributed by atoms with Gasteiger partial charge in [-0.3, -0.25) is 15.0 Å². The molecule has 1 aliphatic heterocycles. The van der Waals surface area contributed by atoms with Gasteiger partial charge in [-0.15, -0.1) is 0 Å². The fourth-order valence-corrected chi connectivity index (χ4v) is 3.56. The number of allylic oxidation sites excluding steroid dienone is 1. The lowest BCUT2D eigenvalue weighted by molar-refractivity contribution is -0.127. The van der Waals surface area contributed by atoms with Crippen molar-refractivity contribution in [2.75, 3.05) is 25.0 Å². The van der Waals surface area contributed by atoms with Crippen LogP contribution in [0.15, 0.2) is 36.5 Å². The van der Waals surface area contributed by atoms with Crippen LogP contribution in [0.1, 0.15) is 21.5 Å². The molecule has 0 unspecified atom stereocenters. The minimum atomic E-state index is -0.681. The summed E-state index contributed by atoms with van der Waals surface area (Å²) >= 11 is 5.75. The molecule has 0 atom stereocenters. The summed E-state index contributed by atoms with van der Waals surface area (Å²) in [7, 11) is 0. The summed E-state index contributed by atoms with van der Waals surface area (Å²) in [6.07, 6.45) is 4.97. The molecule has 1 aromatic carbocycles. The number of carbonyl (C=O) groups is 2. The van der Waals surface area contributed by atoms with Crippen LogP contribution in [0.2, 0.25) is 5.02 Å². The van der Waals surface area contributed by atoms with E-state index in [0.717, 1.165) is 6.21 Å². The zero-order valence-electron chi connectivity index (χ0n) is 18.3. The maximum atomic E-state index is 14.8. The van der Waals surface area contributed by atoms with Crippen molar-refractivity contribution in [3.05, 3.63) is 69.9 Å². The van der Waals surface area contributed by atoms with E-state index in [2.05, 4.69) is 15.6 Å². The summed E-state index contributed by atoms with van der Waals surface area (Å²) < 4.78 is 28.8. The predicted molar refractivity (Wildman–Crippen MR) is 126 cm³/mol. The summed E-state index contributed by atoms with van der Waals surface area (Å²) in [6.45, 7) is 2.12. The highest BCUT2D eigenvalue weighted by Crippen LogP contribution is 2.22. The van der Waals surface area contributed by atoms with E-state index in [1.807, 2.05) is 0 Å². The molecule has 0 radical (unpaired) electrons. The summed E-state index contributed by atoms with van der Waals surface area (Å²) in [5, 5.41) is 20.1. The lowest BCUT2D eigenvalue weighted by Crippen LogP contribution is -2.58. The number of nitrogens with zero attached hydrogens (tertiary/aromatic N) is 2. The minimum absolute atomic E-state index is 0.00544. The van der Waals surface area contributed by atoms with Crippen LogP contribution < -0.4 is 10.6 Å². The van der Waals surface area contributed by atoms with Crippen molar-refractivity contribution < 1.29 is 18.4 Å². The zero-order valence-corrected chi connectivity index (χ0v) is 19.0. The Bertz CT molecular complexity index is 1160. The van der Waals surface area contributed by atoms with Gasteiger partial charge in [0, 0.05) is 37.6 Å². The number of aromatic nitrogens is 1. The highest BCUT2D eigenvalue weighted by molar-refractivity contribution is 6.42. The molecule has 2 aromatic rings. The van der Waals surface area contributed by atoms with E-state index in [9.17, 15) is 18.4 Å². The number of halogens is 3. The standard InChI is InChI=1S/C23H23ClF2N6O2/c1-13-16(22(33)29-9-7-14-4-2-5-17(24)20(14)26)10-30-21(19(13)25)31-15-11-32(12-15)23(34)18(28)6-3-8-27/h2-6,8,10,15,27-28H,7,9,11-12H2,1H3,(H,29,33)(H,30,31)/b6-3-,27-8?,28-18?. The third kappa shape index (κ3) is 5.63. The van der Waals surface area contributed by atoms with Crippen LogP contribution in [-0.2, 0) is 11.2 Å². The molecular weight excluding hydrogens is 466 g/mol. The number of benzene rings is 1. The van der Waals surface area contributed by atoms with E-state index < -0.39 is 23.4 Å². The van der Waals surface area contributed by atoms with Crippen LogP contribution in [0, 0.1) is 29.4 Å². The lowest BCUT2D eigenvalue weighted by atomic mass is 10.1. The number of carbonyl (C=O) groups excluding carboxylic acids is 2. The minimum Gasteiger partial charge on any atom is -0.361 e. The molecule has 0 aliphatic carbocycles. The number of hydrogen-bond acceptors (Lipinski definition) is 6. The Morgan fingerprint density at radius 2 is 2.03 bits per heavy atom. The van der Waals surface area contributed by atoms with Crippen molar-refractivity contribution in [3.8, 4) is 0 Å². The first kappa shape index (κ1) is 25.0. The fraction of sp³-hybridized carbons (Fsp3) is 0.261. The highest BCUT2D eigenvalue weighted by atomic mass is 35.5. The predicted octanol–water partition coefficient (Wildman–Crippen LogP) is 3.14. The summed E-state index contributed by atoms with van der Waals surface area (Å²) in [6, 6.07) is 4.38. The van der Waals surface area contributed by atoms with Gasteiger partial charge in [0.05, 0.1) is 16.6 Å². The van der Waals surface area contributed by atoms with Crippen LogP contribution >= 0.6 is 11.6 Å². The number of hydrogen-bond donors (Lipinski definition) is 4. The normalized spacial score (nSPS) is 13.5. The first-order valence-corrected chi connectivity index (χ1v) is 10.8. The second-order valence-electron chi connectivity index (χ2n) is 7.67. The van der Waals surface area contributed by atoms with Crippen LogP contribution in [0.3, 0.4) is 0 Å². The summed E-state index contributed by atoms with van der Waals surface area (Å²) in [5.74, 6) is -2.26. The highest BCUT2D eigenvalue weighted by Gasteiger charge is 2.32. The van der Waals surface area contributed by atoms with Gasteiger partial charge in [-0.25, -0.2) is 13.8 Å². The van der Waals surface area contributed by atoms with Crippen molar-refractivity contribution in [3.63, 3.8) is 0 Å². The first-order chi connectivity index (χ1) is 16.2. The van der Waals surface area contributed by atoms with Crippen LogP contribution in [0.5, 0.6) is 0 Å². The molecule has 8 nitrogen and oxygen atoms in total. The first-order valence-electron chi connectivity index (χ1n) is 10.4. The van der Waals surface area contributed by atoms with Gasteiger partial charge in [0.25, 0.3) is 11.8 Å². The smallest absolute Gasteiger partial charge is 0.271 e. The molecule has 1 aromatic heterocycles. The summed E-state index contributed by atoms with van der Waals surface area (Å²) in [5.41, 5.74) is 0.291. The second kappa shape index (κ2) is 11.0. The molecule has 0 spiro atoms. The Kier molecular flexibility index (Phi) is 8.06. The van der Waals surface area contributed by atoms with Gasteiger partial charge < -0.3 is 20.9 Å². The van der Waals surface area contributed by atoms with Crippen molar-refractivity contribution in [1.82, 2.24) is 15.2 Å². The lowest BCUT2D eigenvalue weighted by Gasteiger charge is -2.39. The van der Waals surface area contributed by atoms with Gasteiger partial charge in [-0.05, 0) is 37.1 Å². The van der Waals surface area contributed by atoms with Crippen molar-refractivity contribution in [1.29, 1.82) is 10.8 Å². The molecule has 0 saturated carbocycles. The molecule has 2 heterocycles. The van der Waals surface area contributed by atoms with Crippen molar-refractivity contribution in [2.45, 2.75) is 19.4 Å². The van der Waals surface area contributed by atoms with Crippen LogP contribution in [-0.4, -0.2) is 59.3 Å². The van der Waals surface area contributed by atoms with E-state index in [-0.39, 0.29) is 59.8 Å². The molecule has 11 heteroatoms. The Morgan fingerprint density at radius 1 is 1.29 bits per heavy atom. The average molecular weight is 489 g/mol. The number of anilines is 1. The molecule has 34 heavy (non-hydrogen) atoms. The van der Waals surface area contributed by atoms with Crippen molar-refractivity contribution >= 4 is 41.2 Å². The van der Waals surface area contributed by atoms with Gasteiger partial charge in [-0.2, -0.15) is 0 Å². The molecule has 1 fully saturated rings. The quantitative estimate of drug-likeness (QED) is 0.405. The SMILES string of the molecule is Cc1c(C(=O)NCCc2cccc(Cl)c2F)cnc(NC2CN(C(=O)C(=N)/C=C\C=N)C2)c1F. The molecule has 178 valence electrons. The van der Waals surface area contributed by atoms with Gasteiger partial charge >= 0.3 is 0 Å². The van der Waals surface area contributed by atoms with Gasteiger partial charge in [0.1, 0.15) is 11.5 Å². The van der Waals surface area contributed by atoms with Crippen LogP contribution in [0.4, 0.5) is 14.6 Å². The average Bonchev–Trinajstić information content (AvgIpc) is 2.79. The van der Waals surface area contributed by atoms with Crippen molar-refractivity contribution in [2.24, 2.45) is 0 Å². The number of rotatable bonds is 9. The Labute approximate surface area is 200 Å². The van der Waals surface area contributed by atoms with Gasteiger partial charge in [0.15, 0.2) is 11.6 Å². The Balaban J connectivity index is 1.54. The van der Waals surface area contributed by atoms with Gasteiger partial charge in [-0.1, -0.05) is 23.7 Å². The zero-order chi connectivity index (χ0) is 24.8. The molecule has 1 aliphatic rings. The second-order valence-corrected chi connectivity index (χ2v) is 8.08. The monoisotopic (exact) mass is 488 g/mol. The van der Waals surface area contributed by atoms with Gasteiger partial charge in [0.2, 0.25) is 0 Å². The van der Waals surface area contributed by atoms with E-state index in [1.54, 1.807) is 12.1 Å². The maximum Gasteiger partial charge on any atom is 0.271 e. The third-order valence-corrected chi connectivity index (χ3v) is 5.61. The molecule has 1 saturated heterocycles. The maximum absolute atomic E-state index is 14.8. The topological polar surface area (TPSA) is 122 Å². The molecular formula is C23H23ClF2N6O2.